The van der Waals surface area contributed by atoms with Gasteiger partial charge in [0.1, 0.15) is 6.04 Å². The fourth-order valence-electron chi connectivity index (χ4n) is 0.942. The number of hydrogen-bond donors (Lipinski definition) is 4. The highest BCUT2D eigenvalue weighted by Crippen LogP contribution is 1.95. The average Bonchev–Trinajstić information content (AvgIpc) is 3.03. The second kappa shape index (κ2) is 10.7. The van der Waals surface area contributed by atoms with Gasteiger partial charge in [0.25, 0.3) is 5.97 Å². The van der Waals surface area contributed by atoms with Crippen molar-refractivity contribution in [2.45, 2.75) is 19.4 Å². The van der Waals surface area contributed by atoms with Gasteiger partial charge in [-0.05, 0) is 10.8 Å². The molecule has 0 spiro atoms. The number of aromatic amines is 1. The third-order valence-electron chi connectivity index (χ3n) is 1.73. The van der Waals surface area contributed by atoms with E-state index >= 15 is 0 Å². The van der Waals surface area contributed by atoms with Crippen LogP contribution in [-0.2, 0) is 16.0 Å². The number of imidazole rings is 1. The largest absolute Gasteiger partial charge is 0.481 e. The van der Waals surface area contributed by atoms with Crippen molar-refractivity contribution in [1.29, 1.82) is 0 Å². The van der Waals surface area contributed by atoms with Gasteiger partial charge < -0.3 is 20.9 Å². The van der Waals surface area contributed by atoms with Gasteiger partial charge in [0.2, 0.25) is 0 Å². The lowest BCUT2D eigenvalue weighted by Gasteiger charge is -2.01. The zero-order valence-electron chi connectivity index (χ0n) is 10.9. The molecule has 0 aliphatic carbocycles. The third-order valence-corrected chi connectivity index (χ3v) is 2.36. The molecule has 0 radical (unpaired) electrons. The molecule has 110 valence electrons. The Bertz CT molecular complexity index is 450. The number of nitrogens with zero attached hydrogens (tertiary/aromatic N) is 1. The van der Waals surface area contributed by atoms with E-state index in [1.54, 1.807) is 17.5 Å². The summed E-state index contributed by atoms with van der Waals surface area (Å²) in [6, 6.07) is 3.17. The predicted octanol–water partition coefficient (Wildman–Crippen LogP) is 1.20. The number of aromatic nitrogens is 2. The first-order chi connectivity index (χ1) is 9.43. The van der Waals surface area contributed by atoms with E-state index in [0.717, 1.165) is 6.92 Å². The van der Waals surface area contributed by atoms with Crippen LogP contribution in [-0.4, -0.2) is 38.2 Å². The van der Waals surface area contributed by atoms with E-state index in [2.05, 4.69) is 9.97 Å². The lowest BCUT2D eigenvalue weighted by atomic mass is 10.2. The van der Waals surface area contributed by atoms with Gasteiger partial charge in [0.15, 0.2) is 0 Å². The molecule has 2 heterocycles. The molecule has 20 heavy (non-hydrogen) atoms. The van der Waals surface area contributed by atoms with Gasteiger partial charge >= 0.3 is 5.97 Å². The van der Waals surface area contributed by atoms with Crippen molar-refractivity contribution in [3.05, 3.63) is 41.1 Å². The van der Waals surface area contributed by atoms with Gasteiger partial charge in [0, 0.05) is 19.5 Å². The molecular formula is C12H17N3O4S. The van der Waals surface area contributed by atoms with Gasteiger partial charge in [-0.2, -0.15) is 11.3 Å². The first kappa shape index (κ1) is 17.8. The molecule has 0 fully saturated rings. The maximum atomic E-state index is 10.3. The molecule has 0 saturated carbocycles. The van der Waals surface area contributed by atoms with Crippen molar-refractivity contribution in [3.8, 4) is 0 Å². The number of nitrogens with two attached hydrogens (primary N) is 1. The molecule has 0 amide bonds. The van der Waals surface area contributed by atoms with E-state index in [1.807, 2.05) is 22.9 Å². The highest BCUT2D eigenvalue weighted by atomic mass is 32.1. The molecular weight excluding hydrogens is 282 g/mol. The standard InChI is InChI=1S/C6H9N3O2.C4H4S.C2H4O2/c7-5(6(10)11)1-4-2-8-3-9-4;1-2-4-5-3-1;1-2(3)4/h2-3,5H,1,7H2,(H,8,9)(H,10,11);1-4H;1H3,(H,3,4)/t5-;;/m0../s1. The summed E-state index contributed by atoms with van der Waals surface area (Å²) in [4.78, 5) is 25.8. The zero-order chi connectivity index (χ0) is 15.4. The molecule has 2 rings (SSSR count). The summed E-state index contributed by atoms with van der Waals surface area (Å²) < 4.78 is 0. The highest BCUT2D eigenvalue weighted by Gasteiger charge is 2.12. The van der Waals surface area contributed by atoms with Crippen LogP contribution in [0.1, 0.15) is 12.6 Å². The number of carbonyl (C=O) groups is 2. The smallest absolute Gasteiger partial charge is 0.320 e. The minimum absolute atomic E-state index is 0.263. The number of carboxylic acid groups (broad SMARTS) is 2. The van der Waals surface area contributed by atoms with E-state index < -0.39 is 18.0 Å². The summed E-state index contributed by atoms with van der Waals surface area (Å²) in [6.45, 7) is 1.08. The Kier molecular flexibility index (Phi) is 9.53. The van der Waals surface area contributed by atoms with E-state index in [9.17, 15) is 4.79 Å². The van der Waals surface area contributed by atoms with E-state index in [4.69, 9.17) is 20.7 Å². The lowest BCUT2D eigenvalue weighted by molar-refractivity contribution is -0.138. The minimum Gasteiger partial charge on any atom is -0.481 e. The zero-order valence-corrected chi connectivity index (χ0v) is 11.7. The maximum Gasteiger partial charge on any atom is 0.320 e. The molecule has 0 unspecified atom stereocenters. The Balaban J connectivity index is 0.000000331. The highest BCUT2D eigenvalue weighted by molar-refractivity contribution is 7.07. The predicted molar refractivity (Wildman–Crippen MR) is 75.5 cm³/mol. The number of rotatable bonds is 3. The summed E-state index contributed by atoms with van der Waals surface area (Å²) in [5.74, 6) is -1.84. The quantitative estimate of drug-likeness (QED) is 0.674. The number of aliphatic carboxylic acids is 2. The number of thiophene rings is 1. The van der Waals surface area contributed by atoms with Crippen LogP contribution in [0.2, 0.25) is 0 Å². The average molecular weight is 299 g/mol. The van der Waals surface area contributed by atoms with Gasteiger partial charge in [0.05, 0.1) is 12.0 Å². The molecule has 5 N–H and O–H groups in total. The van der Waals surface area contributed by atoms with Crippen LogP contribution in [0.3, 0.4) is 0 Å². The first-order valence-corrected chi connectivity index (χ1v) is 6.50. The Morgan fingerprint density at radius 2 is 1.95 bits per heavy atom. The van der Waals surface area contributed by atoms with Crippen LogP contribution in [0.15, 0.2) is 35.4 Å². The summed E-state index contributed by atoms with van der Waals surface area (Å²) in [7, 11) is 0. The second-order valence-electron chi connectivity index (χ2n) is 3.52. The Hall–Kier alpha value is -2.19. The van der Waals surface area contributed by atoms with E-state index in [0.29, 0.717) is 5.69 Å². The lowest BCUT2D eigenvalue weighted by Crippen LogP contribution is -2.32. The maximum absolute atomic E-state index is 10.3. The van der Waals surface area contributed by atoms with Crippen LogP contribution >= 0.6 is 11.3 Å². The van der Waals surface area contributed by atoms with Crippen molar-refractivity contribution in [1.82, 2.24) is 9.97 Å². The van der Waals surface area contributed by atoms with Crippen LogP contribution in [0.25, 0.3) is 0 Å². The molecule has 0 aromatic carbocycles. The first-order valence-electron chi connectivity index (χ1n) is 5.56. The Labute approximate surface area is 120 Å². The van der Waals surface area contributed by atoms with E-state index in [1.165, 1.54) is 6.33 Å². The monoisotopic (exact) mass is 299 g/mol. The normalized spacial score (nSPS) is 10.3. The Morgan fingerprint density at radius 3 is 2.25 bits per heavy atom. The number of carboxylic acids is 2. The number of hydrogen-bond acceptors (Lipinski definition) is 5. The van der Waals surface area contributed by atoms with Crippen LogP contribution in [0.5, 0.6) is 0 Å². The molecule has 7 nitrogen and oxygen atoms in total. The number of H-pyrrole nitrogens is 1. The summed E-state index contributed by atoms with van der Waals surface area (Å²) in [6.07, 6.45) is 3.38. The van der Waals surface area contributed by atoms with Crippen molar-refractivity contribution < 1.29 is 19.8 Å². The van der Waals surface area contributed by atoms with Crippen LogP contribution in [0, 0.1) is 0 Å². The summed E-state index contributed by atoms with van der Waals surface area (Å²) in [5, 5.41) is 19.9. The molecule has 2 aromatic rings. The topological polar surface area (TPSA) is 129 Å². The van der Waals surface area contributed by atoms with Crippen LogP contribution < -0.4 is 5.73 Å². The molecule has 0 aliphatic rings. The fraction of sp³-hybridized carbons (Fsp3) is 0.250. The minimum atomic E-state index is -1.01. The van der Waals surface area contributed by atoms with Crippen molar-refractivity contribution >= 4 is 23.3 Å². The molecule has 8 heteroatoms. The second-order valence-corrected chi connectivity index (χ2v) is 4.34. The van der Waals surface area contributed by atoms with Gasteiger partial charge in [-0.3, -0.25) is 9.59 Å². The molecule has 1 atom stereocenters. The van der Waals surface area contributed by atoms with Crippen LogP contribution in [0.4, 0.5) is 0 Å². The SMILES string of the molecule is CC(=O)O.N[C@@H](Cc1c[nH]cn1)C(=O)O.c1ccsc1. The molecule has 2 aromatic heterocycles. The third kappa shape index (κ3) is 10.9. The molecule has 0 bridgehead atoms. The molecule has 0 saturated heterocycles. The van der Waals surface area contributed by atoms with E-state index in [-0.39, 0.29) is 6.42 Å². The molecule has 0 aliphatic heterocycles. The number of nitrogens with one attached hydrogen (secondary N) is 1. The van der Waals surface area contributed by atoms with Gasteiger partial charge in [-0.15, -0.1) is 0 Å². The fourth-order valence-corrected chi connectivity index (χ4v) is 1.40. The summed E-state index contributed by atoms with van der Waals surface area (Å²) >= 11 is 1.71. The van der Waals surface area contributed by atoms with Gasteiger partial charge in [-0.25, -0.2) is 4.98 Å². The summed E-state index contributed by atoms with van der Waals surface area (Å²) in [5.41, 5.74) is 5.92. The Morgan fingerprint density at radius 1 is 1.40 bits per heavy atom. The van der Waals surface area contributed by atoms with Crippen molar-refractivity contribution in [3.63, 3.8) is 0 Å². The van der Waals surface area contributed by atoms with Crippen molar-refractivity contribution in [2.24, 2.45) is 5.73 Å². The van der Waals surface area contributed by atoms with Gasteiger partial charge in [-0.1, -0.05) is 12.1 Å². The van der Waals surface area contributed by atoms with Crippen molar-refractivity contribution in [2.75, 3.05) is 0 Å².